The van der Waals surface area contributed by atoms with E-state index in [1.807, 2.05) is 35.7 Å². The van der Waals surface area contributed by atoms with Gasteiger partial charge in [-0.3, -0.25) is 4.79 Å². The molecule has 0 saturated heterocycles. The van der Waals surface area contributed by atoms with Gasteiger partial charge in [0.25, 0.3) is 5.91 Å². The van der Waals surface area contributed by atoms with E-state index in [1.165, 1.54) is 4.88 Å². The van der Waals surface area contributed by atoms with Crippen molar-refractivity contribution in [2.24, 2.45) is 0 Å². The van der Waals surface area contributed by atoms with E-state index in [-0.39, 0.29) is 11.9 Å². The Labute approximate surface area is 97.9 Å². The summed E-state index contributed by atoms with van der Waals surface area (Å²) in [6.45, 7) is 0. The van der Waals surface area contributed by atoms with Crippen LogP contribution in [0.15, 0.2) is 41.8 Å². The van der Waals surface area contributed by atoms with E-state index >= 15 is 0 Å². The van der Waals surface area contributed by atoms with Crippen molar-refractivity contribution in [2.75, 3.05) is 0 Å². The Morgan fingerprint density at radius 2 is 2.06 bits per heavy atom. The van der Waals surface area contributed by atoms with Crippen molar-refractivity contribution in [3.63, 3.8) is 0 Å². The molecule has 80 valence electrons. The van der Waals surface area contributed by atoms with E-state index in [9.17, 15) is 4.79 Å². The summed E-state index contributed by atoms with van der Waals surface area (Å²) in [5, 5.41) is 5.09. The molecule has 2 heterocycles. The zero-order valence-corrected chi connectivity index (χ0v) is 9.46. The van der Waals surface area contributed by atoms with Gasteiger partial charge in [-0.1, -0.05) is 24.3 Å². The highest BCUT2D eigenvalue weighted by Gasteiger charge is 2.24. The third kappa shape index (κ3) is 1.53. The Morgan fingerprint density at radius 1 is 1.19 bits per heavy atom. The van der Waals surface area contributed by atoms with Crippen molar-refractivity contribution in [1.82, 2.24) is 5.32 Å². The second-order valence-electron chi connectivity index (χ2n) is 3.90. The molecule has 3 rings (SSSR count). The van der Waals surface area contributed by atoms with E-state index < -0.39 is 0 Å². The first kappa shape index (κ1) is 9.60. The van der Waals surface area contributed by atoms with Gasteiger partial charge in [-0.15, -0.1) is 11.3 Å². The number of carbonyl (C=O) groups excluding carboxylic acids is 1. The summed E-state index contributed by atoms with van der Waals surface area (Å²) in [5.41, 5.74) is 1.96. The molecule has 1 N–H and O–H groups in total. The van der Waals surface area contributed by atoms with Crippen LogP contribution in [0, 0.1) is 0 Å². The molecule has 3 heteroatoms. The summed E-state index contributed by atoms with van der Waals surface area (Å²) >= 11 is 1.69. The first-order valence-electron chi connectivity index (χ1n) is 5.27. The average molecular weight is 229 g/mol. The van der Waals surface area contributed by atoms with E-state index in [1.54, 1.807) is 11.3 Å². The van der Waals surface area contributed by atoms with Crippen LogP contribution in [0.1, 0.15) is 26.8 Å². The van der Waals surface area contributed by atoms with Crippen LogP contribution < -0.4 is 5.32 Å². The molecule has 1 unspecified atom stereocenters. The summed E-state index contributed by atoms with van der Waals surface area (Å²) < 4.78 is 0. The minimum absolute atomic E-state index is 0.0419. The van der Waals surface area contributed by atoms with Crippen LogP contribution in [0.5, 0.6) is 0 Å². The maximum atomic E-state index is 11.9. The van der Waals surface area contributed by atoms with Gasteiger partial charge >= 0.3 is 0 Å². The Hall–Kier alpha value is -1.61. The van der Waals surface area contributed by atoms with Gasteiger partial charge in [-0.05, 0) is 29.5 Å². The fraction of sp³-hybridized carbons (Fsp3) is 0.154. The smallest absolute Gasteiger partial charge is 0.252 e. The van der Waals surface area contributed by atoms with E-state index in [2.05, 4.69) is 11.4 Å². The van der Waals surface area contributed by atoms with Crippen LogP contribution >= 0.6 is 11.3 Å². The number of hydrogen-bond donors (Lipinski definition) is 1. The monoisotopic (exact) mass is 229 g/mol. The maximum Gasteiger partial charge on any atom is 0.252 e. The van der Waals surface area contributed by atoms with E-state index in [0.717, 1.165) is 17.5 Å². The predicted octanol–water partition coefficient (Wildman–Crippen LogP) is 2.78. The first-order valence-corrected chi connectivity index (χ1v) is 6.15. The van der Waals surface area contributed by atoms with Gasteiger partial charge in [0.15, 0.2) is 0 Å². The molecule has 1 aromatic carbocycles. The Bertz CT molecular complexity index is 518. The van der Waals surface area contributed by atoms with Gasteiger partial charge in [-0.25, -0.2) is 0 Å². The fourth-order valence-electron chi connectivity index (χ4n) is 2.09. The van der Waals surface area contributed by atoms with Crippen molar-refractivity contribution in [2.45, 2.75) is 12.5 Å². The van der Waals surface area contributed by atoms with Gasteiger partial charge in [0.05, 0.1) is 6.04 Å². The number of rotatable bonds is 1. The van der Waals surface area contributed by atoms with Crippen LogP contribution in [-0.2, 0) is 6.42 Å². The van der Waals surface area contributed by atoms with Crippen molar-refractivity contribution < 1.29 is 4.79 Å². The highest BCUT2D eigenvalue weighted by atomic mass is 32.1. The van der Waals surface area contributed by atoms with Crippen LogP contribution in [0.25, 0.3) is 0 Å². The fourth-order valence-corrected chi connectivity index (χ4v) is 2.87. The molecule has 0 saturated carbocycles. The second-order valence-corrected chi connectivity index (χ2v) is 4.88. The van der Waals surface area contributed by atoms with Crippen LogP contribution in [0.4, 0.5) is 0 Å². The zero-order chi connectivity index (χ0) is 11.0. The topological polar surface area (TPSA) is 29.1 Å². The third-order valence-electron chi connectivity index (χ3n) is 2.88. The van der Waals surface area contributed by atoms with Crippen molar-refractivity contribution >= 4 is 17.2 Å². The number of thiophene rings is 1. The van der Waals surface area contributed by atoms with Crippen molar-refractivity contribution in [1.29, 1.82) is 0 Å². The number of nitrogens with one attached hydrogen (secondary N) is 1. The minimum Gasteiger partial charge on any atom is -0.344 e. The number of benzene rings is 1. The molecule has 0 fully saturated rings. The summed E-state index contributed by atoms with van der Waals surface area (Å²) in [6, 6.07) is 12.1. The lowest BCUT2D eigenvalue weighted by Crippen LogP contribution is -2.34. The summed E-state index contributed by atoms with van der Waals surface area (Å²) in [4.78, 5) is 13.1. The molecule has 1 aliphatic heterocycles. The van der Waals surface area contributed by atoms with E-state index in [4.69, 9.17) is 0 Å². The first-order chi connectivity index (χ1) is 7.84. The van der Waals surface area contributed by atoms with Crippen molar-refractivity contribution in [3.8, 4) is 0 Å². The van der Waals surface area contributed by atoms with Gasteiger partial charge < -0.3 is 5.32 Å². The molecule has 0 aliphatic carbocycles. The van der Waals surface area contributed by atoms with Gasteiger partial charge in [0.1, 0.15) is 0 Å². The van der Waals surface area contributed by atoms with Crippen LogP contribution in [0.3, 0.4) is 0 Å². The molecule has 1 aromatic heterocycles. The largest absolute Gasteiger partial charge is 0.344 e. The number of amides is 1. The SMILES string of the molecule is O=C1NC(c2cccs2)Cc2ccccc21. The van der Waals surface area contributed by atoms with Gasteiger partial charge in [0.2, 0.25) is 0 Å². The zero-order valence-electron chi connectivity index (χ0n) is 8.64. The molecular formula is C13H11NOS. The third-order valence-corrected chi connectivity index (χ3v) is 3.86. The Morgan fingerprint density at radius 3 is 2.88 bits per heavy atom. The van der Waals surface area contributed by atoms with E-state index in [0.29, 0.717) is 0 Å². The highest BCUT2D eigenvalue weighted by Crippen LogP contribution is 2.28. The molecule has 16 heavy (non-hydrogen) atoms. The normalized spacial score (nSPS) is 19.0. The molecule has 1 atom stereocenters. The molecule has 0 radical (unpaired) electrons. The highest BCUT2D eigenvalue weighted by molar-refractivity contribution is 7.10. The lowest BCUT2D eigenvalue weighted by Gasteiger charge is -2.24. The predicted molar refractivity (Wildman–Crippen MR) is 64.7 cm³/mol. The molecule has 0 bridgehead atoms. The quantitative estimate of drug-likeness (QED) is 0.800. The second kappa shape index (κ2) is 3.76. The molecule has 1 aliphatic rings. The number of carbonyl (C=O) groups is 1. The van der Waals surface area contributed by atoms with Crippen LogP contribution in [0.2, 0.25) is 0 Å². The molecule has 0 spiro atoms. The molecular weight excluding hydrogens is 218 g/mol. The summed E-state index contributed by atoms with van der Waals surface area (Å²) in [7, 11) is 0. The lowest BCUT2D eigenvalue weighted by molar-refractivity contribution is 0.0926. The molecule has 2 nitrogen and oxygen atoms in total. The Kier molecular flexibility index (Phi) is 2.26. The van der Waals surface area contributed by atoms with Gasteiger partial charge in [-0.2, -0.15) is 0 Å². The number of fused-ring (bicyclic) bond motifs is 1. The lowest BCUT2D eigenvalue weighted by atomic mass is 9.94. The minimum atomic E-state index is 0.0419. The van der Waals surface area contributed by atoms with Gasteiger partial charge in [0, 0.05) is 10.4 Å². The van der Waals surface area contributed by atoms with Crippen molar-refractivity contribution in [3.05, 3.63) is 57.8 Å². The summed E-state index contributed by atoms with van der Waals surface area (Å²) in [6.07, 6.45) is 0.891. The average Bonchev–Trinajstić information content (AvgIpc) is 2.82. The van der Waals surface area contributed by atoms with Crippen LogP contribution in [-0.4, -0.2) is 5.91 Å². The number of hydrogen-bond acceptors (Lipinski definition) is 2. The Balaban J connectivity index is 1.98. The summed E-state index contributed by atoms with van der Waals surface area (Å²) in [5.74, 6) is 0.0419. The standard InChI is InChI=1S/C13H11NOS/c15-13-10-5-2-1-4-9(10)8-11(14-13)12-6-3-7-16-12/h1-7,11H,8H2,(H,14,15). The molecule has 2 aromatic rings. The molecule has 1 amide bonds. The maximum absolute atomic E-state index is 11.9.